The van der Waals surface area contributed by atoms with E-state index in [-0.39, 0.29) is 0 Å². The molecule has 2 aromatic carbocycles. The summed E-state index contributed by atoms with van der Waals surface area (Å²) in [5.74, 6) is 3.81. The van der Waals surface area contributed by atoms with Crippen molar-refractivity contribution in [2.45, 2.75) is 37.5 Å². The minimum absolute atomic E-state index is 0.464. The molecular formula is C19H26O4S2. The minimum atomic E-state index is -3.92. The number of hydrogen-bond acceptors (Lipinski definition) is 4. The minimum Gasteiger partial charge on any atom is -0.748 e. The van der Waals surface area contributed by atoms with Crippen LogP contribution in [0.15, 0.2) is 41.3 Å². The van der Waals surface area contributed by atoms with E-state index >= 15 is 0 Å². The summed E-state index contributed by atoms with van der Waals surface area (Å²) in [4.78, 5) is 1.56. The fourth-order valence-electron chi connectivity index (χ4n) is 2.82. The number of unbranched alkanes of at least 4 members (excludes halogenated alkanes) is 1. The first-order chi connectivity index (χ1) is 11.9. The van der Waals surface area contributed by atoms with Crippen molar-refractivity contribution in [2.75, 3.05) is 24.4 Å². The van der Waals surface area contributed by atoms with Crippen LogP contribution in [0.2, 0.25) is 0 Å². The predicted molar refractivity (Wildman–Crippen MR) is 105 cm³/mol. The number of hydrogen-bond donors (Lipinski definition) is 0. The Bertz CT molecular complexity index is 773. The normalized spacial score (nSPS) is 15.0. The molecule has 1 heterocycles. The zero-order chi connectivity index (χ0) is 18.3. The van der Waals surface area contributed by atoms with Gasteiger partial charge in [-0.3, -0.25) is 0 Å². The number of ether oxygens (including phenoxy) is 1. The molecule has 1 aliphatic rings. The summed E-state index contributed by atoms with van der Waals surface area (Å²) in [5.41, 5.74) is 0. The third-order valence-corrected chi connectivity index (χ3v) is 6.48. The van der Waals surface area contributed by atoms with Crippen LogP contribution in [0.25, 0.3) is 10.8 Å². The SMILES string of the molecule is CCCCOc1ccc([S+]2CCCC2)c2ccccc12.CS(=O)(=O)[O-]. The van der Waals surface area contributed by atoms with Gasteiger partial charge in [0.1, 0.15) is 17.3 Å². The molecule has 0 saturated carbocycles. The summed E-state index contributed by atoms with van der Waals surface area (Å²) in [6, 6.07) is 13.3. The van der Waals surface area contributed by atoms with Crippen LogP contribution in [-0.2, 0) is 21.0 Å². The van der Waals surface area contributed by atoms with Crippen molar-refractivity contribution in [3.63, 3.8) is 0 Å². The Balaban J connectivity index is 0.000000399. The maximum absolute atomic E-state index is 9.08. The van der Waals surface area contributed by atoms with Crippen LogP contribution < -0.4 is 4.74 Å². The van der Waals surface area contributed by atoms with E-state index in [9.17, 15) is 0 Å². The number of benzene rings is 2. The van der Waals surface area contributed by atoms with Crippen LogP contribution in [0.1, 0.15) is 32.6 Å². The highest BCUT2D eigenvalue weighted by Gasteiger charge is 2.29. The number of fused-ring (bicyclic) bond motifs is 1. The Labute approximate surface area is 153 Å². The lowest BCUT2D eigenvalue weighted by Gasteiger charge is -2.11. The van der Waals surface area contributed by atoms with E-state index in [4.69, 9.17) is 17.7 Å². The molecule has 25 heavy (non-hydrogen) atoms. The second-order valence-electron chi connectivity index (χ2n) is 6.12. The highest BCUT2D eigenvalue weighted by molar-refractivity contribution is 7.97. The van der Waals surface area contributed by atoms with Crippen LogP contribution >= 0.6 is 0 Å². The molecule has 0 amide bonds. The van der Waals surface area contributed by atoms with E-state index in [0.717, 1.165) is 18.8 Å². The second-order valence-corrected chi connectivity index (χ2v) is 9.77. The van der Waals surface area contributed by atoms with E-state index in [1.54, 1.807) is 4.90 Å². The van der Waals surface area contributed by atoms with Crippen molar-refractivity contribution in [3.05, 3.63) is 36.4 Å². The first-order valence-electron chi connectivity index (χ1n) is 8.63. The Kier molecular flexibility index (Phi) is 7.59. The Hall–Kier alpha value is -1.24. The maximum Gasteiger partial charge on any atom is 0.162 e. The lowest BCUT2D eigenvalue weighted by atomic mass is 10.1. The van der Waals surface area contributed by atoms with Crippen LogP contribution in [-0.4, -0.2) is 37.3 Å². The summed E-state index contributed by atoms with van der Waals surface area (Å²) < 4.78 is 33.2. The summed E-state index contributed by atoms with van der Waals surface area (Å²) in [5, 5.41) is 2.70. The number of rotatable bonds is 5. The Morgan fingerprint density at radius 3 is 2.28 bits per heavy atom. The molecular weight excluding hydrogens is 356 g/mol. The topological polar surface area (TPSA) is 66.4 Å². The summed E-state index contributed by atoms with van der Waals surface area (Å²) in [6.07, 6.45) is 5.70. The van der Waals surface area contributed by atoms with Crippen LogP contribution in [0, 0.1) is 0 Å². The monoisotopic (exact) mass is 382 g/mol. The summed E-state index contributed by atoms with van der Waals surface area (Å²) >= 11 is 0. The second kappa shape index (κ2) is 9.46. The van der Waals surface area contributed by atoms with Crippen LogP contribution in [0.4, 0.5) is 0 Å². The lowest BCUT2D eigenvalue weighted by Crippen LogP contribution is -2.05. The molecule has 138 valence electrons. The van der Waals surface area contributed by atoms with Gasteiger partial charge < -0.3 is 9.29 Å². The summed E-state index contributed by atoms with van der Waals surface area (Å²) in [7, 11) is -3.45. The van der Waals surface area contributed by atoms with Crippen molar-refractivity contribution >= 4 is 31.8 Å². The van der Waals surface area contributed by atoms with E-state index < -0.39 is 10.1 Å². The van der Waals surface area contributed by atoms with Gasteiger partial charge >= 0.3 is 0 Å². The predicted octanol–water partition coefficient (Wildman–Crippen LogP) is 3.95. The third-order valence-electron chi connectivity index (χ3n) is 3.94. The lowest BCUT2D eigenvalue weighted by molar-refractivity contribution is 0.313. The van der Waals surface area contributed by atoms with Crippen molar-refractivity contribution in [1.82, 2.24) is 0 Å². The quantitative estimate of drug-likeness (QED) is 0.446. The van der Waals surface area contributed by atoms with Crippen molar-refractivity contribution in [2.24, 2.45) is 0 Å². The van der Waals surface area contributed by atoms with Gasteiger partial charge in [0.05, 0.1) is 16.7 Å². The highest BCUT2D eigenvalue weighted by atomic mass is 32.2. The molecule has 0 aromatic heterocycles. The van der Waals surface area contributed by atoms with Gasteiger partial charge in [-0.2, -0.15) is 0 Å². The Morgan fingerprint density at radius 2 is 1.68 bits per heavy atom. The molecule has 0 N–H and O–H groups in total. The average molecular weight is 383 g/mol. The van der Waals surface area contributed by atoms with Gasteiger partial charge in [-0.25, -0.2) is 8.42 Å². The third kappa shape index (κ3) is 6.53. The molecule has 3 rings (SSSR count). The molecule has 2 aromatic rings. The molecule has 0 spiro atoms. The zero-order valence-electron chi connectivity index (χ0n) is 14.9. The molecule has 0 atom stereocenters. The maximum atomic E-state index is 9.08. The molecule has 1 fully saturated rings. The van der Waals surface area contributed by atoms with Gasteiger partial charge in [0, 0.05) is 27.9 Å². The fraction of sp³-hybridized carbons (Fsp3) is 0.474. The van der Waals surface area contributed by atoms with Crippen LogP contribution in [0.3, 0.4) is 0 Å². The zero-order valence-corrected chi connectivity index (χ0v) is 16.5. The average Bonchev–Trinajstić information content (AvgIpc) is 3.08. The van der Waals surface area contributed by atoms with Gasteiger partial charge in [-0.1, -0.05) is 31.5 Å². The van der Waals surface area contributed by atoms with E-state index in [1.165, 1.54) is 41.5 Å². The van der Waals surface area contributed by atoms with Crippen molar-refractivity contribution in [1.29, 1.82) is 0 Å². The largest absolute Gasteiger partial charge is 0.748 e. The van der Waals surface area contributed by atoms with Crippen LogP contribution in [0.5, 0.6) is 5.75 Å². The molecule has 4 nitrogen and oxygen atoms in total. The van der Waals surface area contributed by atoms with Crippen molar-refractivity contribution in [3.8, 4) is 5.75 Å². The summed E-state index contributed by atoms with van der Waals surface area (Å²) in [6.45, 7) is 3.03. The highest BCUT2D eigenvalue weighted by Crippen LogP contribution is 2.34. The van der Waals surface area contributed by atoms with E-state index in [2.05, 4.69) is 43.3 Å². The van der Waals surface area contributed by atoms with Gasteiger partial charge in [0.2, 0.25) is 0 Å². The van der Waals surface area contributed by atoms with Gasteiger partial charge in [0.15, 0.2) is 4.90 Å². The molecule has 0 unspecified atom stereocenters. The smallest absolute Gasteiger partial charge is 0.162 e. The molecule has 1 saturated heterocycles. The molecule has 0 bridgehead atoms. The molecule has 0 aliphatic carbocycles. The van der Waals surface area contributed by atoms with Gasteiger partial charge in [0.25, 0.3) is 0 Å². The molecule has 0 radical (unpaired) electrons. The van der Waals surface area contributed by atoms with E-state index in [0.29, 0.717) is 17.2 Å². The standard InChI is InChI=1S/C18H23OS.CH4O3S/c1-2-3-12-19-17-10-11-18(20-13-6-7-14-20)16-9-5-4-8-15(16)17;1-5(2,3)4/h4-5,8-11H,2-3,6-7,12-14H2,1H3;1H3,(H,2,3,4)/q+1;/p-1. The fourth-order valence-corrected chi connectivity index (χ4v) is 5.32. The molecule has 1 aliphatic heterocycles. The first kappa shape index (κ1) is 20.1. The van der Waals surface area contributed by atoms with E-state index in [1.807, 2.05) is 0 Å². The Morgan fingerprint density at radius 1 is 1.08 bits per heavy atom. The first-order valence-corrected chi connectivity index (χ1v) is 12.0. The van der Waals surface area contributed by atoms with Gasteiger partial charge in [-0.05, 0) is 37.5 Å². The van der Waals surface area contributed by atoms with Crippen molar-refractivity contribution < 1.29 is 17.7 Å². The molecule has 6 heteroatoms. The van der Waals surface area contributed by atoms with Gasteiger partial charge in [-0.15, -0.1) is 0 Å².